The van der Waals surface area contributed by atoms with E-state index >= 15 is 0 Å². The molecule has 0 aromatic heterocycles. The molecule has 1 spiro atoms. The monoisotopic (exact) mass is 296 g/mol. The number of ether oxygens (including phenoxy) is 4. The summed E-state index contributed by atoms with van der Waals surface area (Å²) >= 11 is 0. The fourth-order valence-electron chi connectivity index (χ4n) is 3.69. The zero-order chi connectivity index (χ0) is 15.0. The first-order chi connectivity index (χ1) is 10.1. The number of methoxy groups -OCH3 is 1. The number of epoxide rings is 2. The fourth-order valence-corrected chi connectivity index (χ4v) is 3.69. The van der Waals surface area contributed by atoms with Crippen LogP contribution in [0.25, 0.3) is 0 Å². The second-order valence-corrected chi connectivity index (χ2v) is 6.55. The Balaban J connectivity index is 1.71. The van der Waals surface area contributed by atoms with Crippen molar-refractivity contribution in [3.05, 3.63) is 11.6 Å². The molecule has 5 heteroatoms. The summed E-state index contributed by atoms with van der Waals surface area (Å²) in [6.45, 7) is 5.47. The first-order valence-electron chi connectivity index (χ1n) is 7.66. The van der Waals surface area contributed by atoms with Crippen LogP contribution >= 0.6 is 0 Å². The highest BCUT2D eigenvalue weighted by atomic mass is 16.6. The maximum absolute atomic E-state index is 10.7. The molecule has 118 valence electrons. The quantitative estimate of drug-likeness (QED) is 0.425. The summed E-state index contributed by atoms with van der Waals surface area (Å²) in [4.78, 5) is 10.7. The highest BCUT2D eigenvalue weighted by Gasteiger charge is 2.66. The summed E-state index contributed by atoms with van der Waals surface area (Å²) in [5, 5.41) is 0. The second kappa shape index (κ2) is 5.71. The average molecular weight is 296 g/mol. The van der Waals surface area contributed by atoms with Crippen molar-refractivity contribution in [2.45, 2.75) is 63.1 Å². The predicted octanol–water partition coefficient (Wildman–Crippen LogP) is 1.85. The van der Waals surface area contributed by atoms with Crippen LogP contribution < -0.4 is 0 Å². The van der Waals surface area contributed by atoms with Crippen molar-refractivity contribution in [2.75, 3.05) is 13.7 Å². The van der Waals surface area contributed by atoms with E-state index in [4.69, 9.17) is 18.9 Å². The number of hydrogen-bond acceptors (Lipinski definition) is 5. The fraction of sp³-hybridized carbons (Fsp3) is 0.812. The van der Waals surface area contributed by atoms with Crippen LogP contribution in [-0.4, -0.2) is 50.2 Å². The van der Waals surface area contributed by atoms with Crippen molar-refractivity contribution < 1.29 is 23.7 Å². The van der Waals surface area contributed by atoms with Gasteiger partial charge in [0.2, 0.25) is 0 Å². The standard InChI is InChI=1S/C16H24O5/c1-10(2)4-5-12-15(21-12)13-14(18-3)11(19-9-17)6-7-16(13)8-20-16/h4,9,11-15H,5-8H2,1-3H3/t11?,12-,13?,14?,15+,16+/m1/s1. The molecule has 6 atom stereocenters. The maximum Gasteiger partial charge on any atom is 0.293 e. The van der Waals surface area contributed by atoms with E-state index in [-0.39, 0.29) is 35.9 Å². The van der Waals surface area contributed by atoms with Gasteiger partial charge < -0.3 is 18.9 Å². The van der Waals surface area contributed by atoms with Gasteiger partial charge in [-0.1, -0.05) is 11.6 Å². The molecule has 0 aromatic carbocycles. The summed E-state index contributed by atoms with van der Waals surface area (Å²) < 4.78 is 22.5. The first-order valence-corrected chi connectivity index (χ1v) is 7.66. The molecule has 2 aliphatic heterocycles. The Kier molecular flexibility index (Phi) is 4.08. The number of allylic oxidation sites excluding steroid dienone is 1. The van der Waals surface area contributed by atoms with Gasteiger partial charge >= 0.3 is 0 Å². The Labute approximate surface area is 125 Å². The van der Waals surface area contributed by atoms with Crippen LogP contribution in [-0.2, 0) is 23.7 Å². The van der Waals surface area contributed by atoms with Gasteiger partial charge in [0, 0.05) is 13.0 Å². The highest BCUT2D eigenvalue weighted by Crippen LogP contribution is 2.54. The van der Waals surface area contributed by atoms with Gasteiger partial charge in [-0.05, 0) is 33.1 Å². The van der Waals surface area contributed by atoms with E-state index in [0.29, 0.717) is 6.47 Å². The van der Waals surface area contributed by atoms with E-state index in [9.17, 15) is 4.79 Å². The third kappa shape index (κ3) is 2.87. The molecule has 2 heterocycles. The predicted molar refractivity (Wildman–Crippen MR) is 75.9 cm³/mol. The lowest BCUT2D eigenvalue weighted by atomic mass is 9.73. The van der Waals surface area contributed by atoms with Crippen molar-refractivity contribution in [1.29, 1.82) is 0 Å². The molecule has 0 amide bonds. The molecule has 1 aliphatic carbocycles. The molecule has 3 aliphatic rings. The lowest BCUT2D eigenvalue weighted by Gasteiger charge is -2.39. The van der Waals surface area contributed by atoms with E-state index in [1.54, 1.807) is 7.11 Å². The van der Waals surface area contributed by atoms with Crippen LogP contribution in [0.5, 0.6) is 0 Å². The second-order valence-electron chi connectivity index (χ2n) is 6.55. The lowest BCUT2D eigenvalue weighted by molar-refractivity contribution is -0.154. The van der Waals surface area contributed by atoms with Gasteiger partial charge in [0.1, 0.15) is 12.2 Å². The minimum absolute atomic E-state index is 0.117. The first kappa shape index (κ1) is 15.0. The molecule has 21 heavy (non-hydrogen) atoms. The minimum atomic E-state index is -0.194. The third-order valence-corrected chi connectivity index (χ3v) is 4.93. The number of hydrogen-bond donors (Lipinski definition) is 0. The van der Waals surface area contributed by atoms with Gasteiger partial charge in [-0.25, -0.2) is 0 Å². The molecule has 0 radical (unpaired) electrons. The van der Waals surface area contributed by atoms with Crippen LogP contribution in [0, 0.1) is 5.92 Å². The van der Waals surface area contributed by atoms with Gasteiger partial charge in [0.05, 0.1) is 24.4 Å². The van der Waals surface area contributed by atoms with Crippen molar-refractivity contribution in [3.63, 3.8) is 0 Å². The molecule has 0 N–H and O–H groups in total. The molecule has 5 nitrogen and oxygen atoms in total. The smallest absolute Gasteiger partial charge is 0.293 e. The molecule has 3 rings (SSSR count). The molecule has 3 unspecified atom stereocenters. The highest BCUT2D eigenvalue weighted by molar-refractivity contribution is 5.38. The molecule has 1 saturated carbocycles. The zero-order valence-electron chi connectivity index (χ0n) is 12.9. The van der Waals surface area contributed by atoms with Crippen LogP contribution in [0.2, 0.25) is 0 Å². The van der Waals surface area contributed by atoms with Crippen LogP contribution in [0.4, 0.5) is 0 Å². The number of carbonyl (C=O) groups is 1. The molecule has 0 aromatic rings. The normalized spacial score (nSPS) is 44.2. The van der Waals surface area contributed by atoms with Crippen LogP contribution in [0.3, 0.4) is 0 Å². The SMILES string of the molecule is COC1C(OC=O)CC[C@]2(CO2)C1[C@H]1O[C@@H]1CC=C(C)C. The van der Waals surface area contributed by atoms with Gasteiger partial charge in [0.25, 0.3) is 6.47 Å². The van der Waals surface area contributed by atoms with E-state index in [0.717, 1.165) is 25.9 Å². The van der Waals surface area contributed by atoms with Crippen molar-refractivity contribution >= 4 is 6.47 Å². The van der Waals surface area contributed by atoms with Crippen molar-refractivity contribution in [2.24, 2.45) is 5.92 Å². The van der Waals surface area contributed by atoms with Gasteiger partial charge in [0.15, 0.2) is 0 Å². The topological polar surface area (TPSA) is 60.6 Å². The maximum atomic E-state index is 10.7. The summed E-state index contributed by atoms with van der Waals surface area (Å²) in [5.74, 6) is 0.150. The van der Waals surface area contributed by atoms with E-state index in [1.165, 1.54) is 5.57 Å². The van der Waals surface area contributed by atoms with E-state index < -0.39 is 0 Å². The third-order valence-electron chi connectivity index (χ3n) is 4.93. The number of rotatable bonds is 6. The Morgan fingerprint density at radius 2 is 2.19 bits per heavy atom. The molecule has 2 saturated heterocycles. The average Bonchev–Trinajstić information content (AvgIpc) is 3.36. The van der Waals surface area contributed by atoms with Crippen LogP contribution in [0.1, 0.15) is 33.1 Å². The zero-order valence-corrected chi connectivity index (χ0v) is 12.9. The Hall–Kier alpha value is -0.910. The summed E-state index contributed by atoms with van der Waals surface area (Å²) in [6, 6.07) is 0. The molecular formula is C16H24O5. The lowest BCUT2D eigenvalue weighted by Crippen LogP contribution is -2.52. The van der Waals surface area contributed by atoms with Gasteiger partial charge in [-0.2, -0.15) is 0 Å². The minimum Gasteiger partial charge on any atom is -0.462 e. The van der Waals surface area contributed by atoms with Crippen molar-refractivity contribution in [3.8, 4) is 0 Å². The molecular weight excluding hydrogens is 272 g/mol. The number of carbonyl (C=O) groups excluding carboxylic acids is 1. The Morgan fingerprint density at radius 1 is 1.43 bits per heavy atom. The molecule has 0 bridgehead atoms. The van der Waals surface area contributed by atoms with Crippen molar-refractivity contribution in [1.82, 2.24) is 0 Å². The van der Waals surface area contributed by atoms with E-state index in [2.05, 4.69) is 19.9 Å². The Morgan fingerprint density at radius 3 is 2.76 bits per heavy atom. The van der Waals surface area contributed by atoms with Crippen LogP contribution in [0.15, 0.2) is 11.6 Å². The summed E-state index contributed by atoms with van der Waals surface area (Å²) in [5.41, 5.74) is 1.18. The Bertz CT molecular complexity index is 424. The van der Waals surface area contributed by atoms with Gasteiger partial charge in [-0.15, -0.1) is 0 Å². The summed E-state index contributed by atoms with van der Waals surface area (Å²) in [7, 11) is 1.67. The summed E-state index contributed by atoms with van der Waals surface area (Å²) in [6.07, 6.45) is 4.87. The largest absolute Gasteiger partial charge is 0.462 e. The van der Waals surface area contributed by atoms with Gasteiger partial charge in [-0.3, -0.25) is 4.79 Å². The van der Waals surface area contributed by atoms with E-state index in [1.807, 2.05) is 0 Å². The molecule has 3 fully saturated rings.